The van der Waals surface area contributed by atoms with E-state index in [1.54, 1.807) is 0 Å². The number of rotatable bonds is 3. The summed E-state index contributed by atoms with van der Waals surface area (Å²) in [6, 6.07) is 14.9. The number of hydrogen-bond acceptors (Lipinski definition) is 3. The van der Waals surface area contributed by atoms with E-state index in [0.29, 0.717) is 6.04 Å². The molecule has 1 fully saturated rings. The highest BCUT2D eigenvalue weighted by atomic mass is 15.1. The number of benzene rings is 1. The molecule has 2 aromatic rings. The zero-order valence-electron chi connectivity index (χ0n) is 11.2. The topological polar surface area (TPSA) is 28.2 Å². The first kappa shape index (κ1) is 12.2. The molecule has 98 valence electrons. The minimum Gasteiger partial charge on any atom is -0.340 e. The lowest BCUT2D eigenvalue weighted by Crippen LogP contribution is -2.17. The van der Waals surface area contributed by atoms with Crippen LogP contribution in [-0.4, -0.2) is 23.5 Å². The summed E-state index contributed by atoms with van der Waals surface area (Å²) in [7, 11) is 2.19. The third kappa shape index (κ3) is 2.76. The Hall–Kier alpha value is -1.87. The fourth-order valence-corrected chi connectivity index (χ4v) is 2.68. The monoisotopic (exact) mass is 253 g/mol. The molecule has 1 N–H and O–H groups in total. The van der Waals surface area contributed by atoms with Gasteiger partial charge in [0.05, 0.1) is 0 Å². The van der Waals surface area contributed by atoms with Crippen molar-refractivity contribution in [2.75, 3.05) is 18.9 Å². The predicted molar refractivity (Wildman–Crippen MR) is 78.6 cm³/mol. The van der Waals surface area contributed by atoms with Gasteiger partial charge in [-0.2, -0.15) is 0 Å². The van der Waals surface area contributed by atoms with Crippen LogP contribution in [0.5, 0.6) is 0 Å². The highest BCUT2D eigenvalue weighted by molar-refractivity contribution is 5.55. The zero-order valence-corrected chi connectivity index (χ0v) is 11.2. The fraction of sp³-hybridized carbons (Fsp3) is 0.312. The second-order valence-electron chi connectivity index (χ2n) is 5.11. The van der Waals surface area contributed by atoms with Crippen LogP contribution in [0.1, 0.15) is 24.4 Å². The summed E-state index contributed by atoms with van der Waals surface area (Å²) in [6.07, 6.45) is 4.52. The average molecular weight is 253 g/mol. The van der Waals surface area contributed by atoms with Crippen molar-refractivity contribution in [2.24, 2.45) is 0 Å². The van der Waals surface area contributed by atoms with Crippen molar-refractivity contribution in [2.45, 2.75) is 18.9 Å². The van der Waals surface area contributed by atoms with Crippen molar-refractivity contribution < 1.29 is 0 Å². The molecule has 0 saturated carbocycles. The van der Waals surface area contributed by atoms with Crippen molar-refractivity contribution in [3.8, 4) is 0 Å². The van der Waals surface area contributed by atoms with Gasteiger partial charge < -0.3 is 5.32 Å². The first-order valence-electron chi connectivity index (χ1n) is 6.81. The molecule has 0 spiro atoms. The summed E-state index contributed by atoms with van der Waals surface area (Å²) in [5, 5.41) is 3.31. The molecule has 0 aliphatic carbocycles. The van der Waals surface area contributed by atoms with Crippen LogP contribution < -0.4 is 5.32 Å². The van der Waals surface area contributed by atoms with Gasteiger partial charge in [-0.15, -0.1) is 0 Å². The van der Waals surface area contributed by atoms with Crippen LogP contribution >= 0.6 is 0 Å². The molecule has 0 amide bonds. The molecule has 3 heteroatoms. The Morgan fingerprint density at radius 1 is 1.16 bits per heavy atom. The minimum atomic E-state index is 0.540. The molecule has 3 rings (SSSR count). The molecule has 0 unspecified atom stereocenters. The van der Waals surface area contributed by atoms with Gasteiger partial charge in [-0.1, -0.05) is 24.3 Å². The SMILES string of the molecule is CN1CCC[C@H]1c1ccc(Nc2ccccc2)nc1. The van der Waals surface area contributed by atoms with Crippen molar-refractivity contribution in [1.29, 1.82) is 0 Å². The van der Waals surface area contributed by atoms with E-state index in [9.17, 15) is 0 Å². The van der Waals surface area contributed by atoms with Gasteiger partial charge in [0.2, 0.25) is 0 Å². The molecule has 1 aliphatic heterocycles. The molecular formula is C16H19N3. The number of pyridine rings is 1. The molecule has 0 bridgehead atoms. The molecule has 3 nitrogen and oxygen atoms in total. The van der Waals surface area contributed by atoms with Crippen LogP contribution in [0.4, 0.5) is 11.5 Å². The fourth-order valence-electron chi connectivity index (χ4n) is 2.68. The lowest BCUT2D eigenvalue weighted by Gasteiger charge is -2.19. The molecule has 2 heterocycles. The van der Waals surface area contributed by atoms with Gasteiger partial charge in [-0.25, -0.2) is 4.98 Å². The molecule has 1 aliphatic rings. The summed E-state index contributed by atoms with van der Waals surface area (Å²) in [4.78, 5) is 6.92. The van der Waals surface area contributed by atoms with Crippen LogP contribution in [0.3, 0.4) is 0 Å². The molecular weight excluding hydrogens is 234 g/mol. The average Bonchev–Trinajstić information content (AvgIpc) is 2.87. The summed E-state index contributed by atoms with van der Waals surface area (Å²) in [6.45, 7) is 1.19. The molecule has 0 radical (unpaired) electrons. The van der Waals surface area contributed by atoms with Crippen LogP contribution in [-0.2, 0) is 0 Å². The number of likely N-dealkylation sites (tertiary alicyclic amines) is 1. The van der Waals surface area contributed by atoms with E-state index in [0.717, 1.165) is 11.5 Å². The Labute approximate surface area is 114 Å². The van der Waals surface area contributed by atoms with Gasteiger partial charge in [0.25, 0.3) is 0 Å². The van der Waals surface area contributed by atoms with E-state index < -0.39 is 0 Å². The van der Waals surface area contributed by atoms with Crippen LogP contribution in [0.25, 0.3) is 0 Å². The van der Waals surface area contributed by atoms with E-state index in [-0.39, 0.29) is 0 Å². The van der Waals surface area contributed by atoms with Crippen LogP contribution in [0, 0.1) is 0 Å². The van der Waals surface area contributed by atoms with Gasteiger partial charge >= 0.3 is 0 Å². The summed E-state index contributed by atoms with van der Waals surface area (Å²) >= 11 is 0. The van der Waals surface area contributed by atoms with Gasteiger partial charge in [0.15, 0.2) is 0 Å². The van der Waals surface area contributed by atoms with Gasteiger partial charge in [-0.05, 0) is 50.2 Å². The summed E-state index contributed by atoms with van der Waals surface area (Å²) in [5.74, 6) is 0.899. The van der Waals surface area contributed by atoms with E-state index >= 15 is 0 Å². The van der Waals surface area contributed by atoms with E-state index in [4.69, 9.17) is 0 Å². The molecule has 1 saturated heterocycles. The maximum absolute atomic E-state index is 4.52. The summed E-state index contributed by atoms with van der Waals surface area (Å²) in [5.41, 5.74) is 2.39. The predicted octanol–water partition coefficient (Wildman–Crippen LogP) is 3.59. The Kier molecular flexibility index (Phi) is 3.47. The third-order valence-corrected chi connectivity index (χ3v) is 3.74. The lowest BCUT2D eigenvalue weighted by atomic mass is 10.1. The Bertz CT molecular complexity index is 521. The second kappa shape index (κ2) is 5.41. The lowest BCUT2D eigenvalue weighted by molar-refractivity contribution is 0.317. The minimum absolute atomic E-state index is 0.540. The number of hydrogen-bond donors (Lipinski definition) is 1. The molecule has 1 aromatic carbocycles. The number of nitrogens with zero attached hydrogens (tertiary/aromatic N) is 2. The molecule has 1 aromatic heterocycles. The van der Waals surface area contributed by atoms with E-state index in [2.05, 4.69) is 34.4 Å². The quantitative estimate of drug-likeness (QED) is 0.906. The first-order valence-corrected chi connectivity index (χ1v) is 6.81. The normalized spacial score (nSPS) is 19.5. The maximum atomic E-state index is 4.52. The number of para-hydroxylation sites is 1. The largest absolute Gasteiger partial charge is 0.340 e. The number of aromatic nitrogens is 1. The molecule has 19 heavy (non-hydrogen) atoms. The highest BCUT2D eigenvalue weighted by Crippen LogP contribution is 2.30. The Morgan fingerprint density at radius 3 is 2.63 bits per heavy atom. The zero-order chi connectivity index (χ0) is 13.1. The molecule has 1 atom stereocenters. The Morgan fingerprint density at radius 2 is 2.00 bits per heavy atom. The standard InChI is InChI=1S/C16H19N3/c1-19-11-5-8-15(19)13-9-10-16(17-12-13)18-14-6-3-2-4-7-14/h2-4,6-7,9-10,12,15H,5,8,11H2,1H3,(H,17,18)/t15-/m0/s1. The van der Waals surface area contributed by atoms with Gasteiger partial charge in [0.1, 0.15) is 5.82 Å². The first-order chi connectivity index (χ1) is 9.33. The van der Waals surface area contributed by atoms with Crippen molar-refractivity contribution in [1.82, 2.24) is 9.88 Å². The smallest absolute Gasteiger partial charge is 0.130 e. The second-order valence-corrected chi connectivity index (χ2v) is 5.11. The van der Waals surface area contributed by atoms with Gasteiger partial charge in [0, 0.05) is 17.9 Å². The van der Waals surface area contributed by atoms with Crippen molar-refractivity contribution in [3.05, 3.63) is 54.2 Å². The van der Waals surface area contributed by atoms with Crippen LogP contribution in [0.15, 0.2) is 48.7 Å². The number of anilines is 2. The van der Waals surface area contributed by atoms with Crippen LogP contribution in [0.2, 0.25) is 0 Å². The van der Waals surface area contributed by atoms with Gasteiger partial charge in [-0.3, -0.25) is 4.90 Å². The van der Waals surface area contributed by atoms with Crippen molar-refractivity contribution >= 4 is 11.5 Å². The van der Waals surface area contributed by atoms with E-state index in [1.165, 1.54) is 24.9 Å². The highest BCUT2D eigenvalue weighted by Gasteiger charge is 2.22. The summed E-state index contributed by atoms with van der Waals surface area (Å²) < 4.78 is 0. The van der Waals surface area contributed by atoms with Crippen molar-refractivity contribution in [3.63, 3.8) is 0 Å². The third-order valence-electron chi connectivity index (χ3n) is 3.74. The number of nitrogens with one attached hydrogen (secondary N) is 1. The maximum Gasteiger partial charge on any atom is 0.130 e. The van der Waals surface area contributed by atoms with E-state index in [1.807, 2.05) is 36.5 Å². The Balaban J connectivity index is 1.72.